The zero-order valence-electron chi connectivity index (χ0n) is 17.2. The predicted octanol–water partition coefficient (Wildman–Crippen LogP) is 5.12. The average molecular weight is 498 g/mol. The Morgan fingerprint density at radius 1 is 1.06 bits per heavy atom. The van der Waals surface area contributed by atoms with Gasteiger partial charge in [-0.2, -0.15) is 5.10 Å². The van der Waals surface area contributed by atoms with Gasteiger partial charge in [0.2, 0.25) is 0 Å². The Morgan fingerprint density at radius 2 is 1.84 bits per heavy atom. The minimum atomic E-state index is -0.387. The van der Waals surface area contributed by atoms with Gasteiger partial charge in [0.25, 0.3) is 5.91 Å². The molecule has 164 valence electrons. The standard InChI is InChI=1S/C23H20BrN3O5/c1-29-20-4-2-3-5-21(20)30-14-19-10-11-22(32-19)23(28)26-17-12-25-27(13-17)15-31-18-8-6-16(24)7-9-18/h2-13H,14-15H2,1H3,(H,26,28). The number of carbonyl (C=O) groups excluding carboxylic acids is 1. The molecule has 0 unspecified atom stereocenters. The van der Waals surface area contributed by atoms with Crippen molar-refractivity contribution >= 4 is 27.5 Å². The van der Waals surface area contributed by atoms with Crippen molar-refractivity contribution in [2.45, 2.75) is 13.3 Å². The number of hydrogen-bond donors (Lipinski definition) is 1. The molecule has 2 aromatic heterocycles. The van der Waals surface area contributed by atoms with Crippen molar-refractivity contribution < 1.29 is 23.4 Å². The Bertz CT molecular complexity index is 1190. The Morgan fingerprint density at radius 3 is 2.62 bits per heavy atom. The van der Waals surface area contributed by atoms with Crippen LogP contribution in [0.2, 0.25) is 0 Å². The Hall–Kier alpha value is -3.72. The van der Waals surface area contributed by atoms with Crippen LogP contribution in [0.5, 0.6) is 17.2 Å². The summed E-state index contributed by atoms with van der Waals surface area (Å²) in [6.07, 6.45) is 3.21. The number of carbonyl (C=O) groups is 1. The average Bonchev–Trinajstić information content (AvgIpc) is 3.47. The van der Waals surface area contributed by atoms with Crippen molar-refractivity contribution in [3.8, 4) is 17.2 Å². The fourth-order valence-corrected chi connectivity index (χ4v) is 3.09. The maximum absolute atomic E-state index is 12.5. The lowest BCUT2D eigenvalue weighted by Gasteiger charge is -2.08. The second kappa shape index (κ2) is 10.1. The van der Waals surface area contributed by atoms with E-state index in [1.54, 1.807) is 42.3 Å². The fraction of sp³-hybridized carbons (Fsp3) is 0.130. The number of para-hydroxylation sites is 2. The summed E-state index contributed by atoms with van der Waals surface area (Å²) in [5.41, 5.74) is 0.526. The van der Waals surface area contributed by atoms with Gasteiger partial charge in [-0.3, -0.25) is 4.79 Å². The Kier molecular flexibility index (Phi) is 6.76. The van der Waals surface area contributed by atoms with Crippen molar-refractivity contribution in [2.75, 3.05) is 12.4 Å². The highest BCUT2D eigenvalue weighted by Crippen LogP contribution is 2.27. The molecule has 0 radical (unpaired) electrons. The number of nitrogens with zero attached hydrogens (tertiary/aromatic N) is 2. The van der Waals surface area contributed by atoms with E-state index in [4.69, 9.17) is 18.6 Å². The molecule has 1 N–H and O–H groups in total. The van der Waals surface area contributed by atoms with Crippen molar-refractivity contribution in [2.24, 2.45) is 0 Å². The third-order valence-corrected chi connectivity index (χ3v) is 4.92. The van der Waals surface area contributed by atoms with Crippen LogP contribution in [0.15, 0.2) is 81.9 Å². The number of halogens is 1. The molecular weight excluding hydrogens is 478 g/mol. The summed E-state index contributed by atoms with van der Waals surface area (Å²) in [6.45, 7) is 0.377. The maximum atomic E-state index is 12.5. The van der Waals surface area contributed by atoms with Crippen molar-refractivity contribution in [3.63, 3.8) is 0 Å². The van der Waals surface area contributed by atoms with E-state index in [9.17, 15) is 4.79 Å². The maximum Gasteiger partial charge on any atom is 0.291 e. The third-order valence-electron chi connectivity index (χ3n) is 4.39. The molecule has 2 heterocycles. The van der Waals surface area contributed by atoms with Gasteiger partial charge in [-0.25, -0.2) is 4.68 Å². The monoisotopic (exact) mass is 497 g/mol. The van der Waals surface area contributed by atoms with Gasteiger partial charge in [0.1, 0.15) is 18.1 Å². The number of rotatable bonds is 9. The molecule has 0 atom stereocenters. The van der Waals surface area contributed by atoms with Crippen LogP contribution in [0.25, 0.3) is 0 Å². The molecule has 0 saturated heterocycles. The second-order valence-electron chi connectivity index (χ2n) is 6.66. The van der Waals surface area contributed by atoms with E-state index in [1.807, 2.05) is 36.4 Å². The highest BCUT2D eigenvalue weighted by atomic mass is 79.9. The van der Waals surface area contributed by atoms with Crippen LogP contribution in [-0.4, -0.2) is 22.8 Å². The van der Waals surface area contributed by atoms with Crippen molar-refractivity contribution in [1.82, 2.24) is 9.78 Å². The smallest absolute Gasteiger partial charge is 0.291 e. The van der Waals surface area contributed by atoms with Crippen molar-refractivity contribution in [1.29, 1.82) is 0 Å². The first-order chi connectivity index (χ1) is 15.6. The molecule has 9 heteroatoms. The lowest BCUT2D eigenvalue weighted by molar-refractivity contribution is 0.0992. The summed E-state index contributed by atoms with van der Waals surface area (Å²) in [7, 11) is 1.58. The minimum absolute atomic E-state index is 0.166. The van der Waals surface area contributed by atoms with Crippen LogP contribution in [-0.2, 0) is 13.3 Å². The molecule has 1 amide bonds. The summed E-state index contributed by atoms with van der Waals surface area (Å²) in [5.74, 6) is 2.23. The SMILES string of the molecule is COc1ccccc1OCc1ccc(C(=O)Nc2cnn(COc3ccc(Br)cc3)c2)o1. The van der Waals surface area contributed by atoms with Crippen LogP contribution in [0.1, 0.15) is 16.3 Å². The van der Waals surface area contributed by atoms with Gasteiger partial charge in [-0.05, 0) is 48.5 Å². The molecule has 0 aliphatic heterocycles. The highest BCUT2D eigenvalue weighted by molar-refractivity contribution is 9.10. The van der Waals surface area contributed by atoms with E-state index in [2.05, 4.69) is 26.3 Å². The van der Waals surface area contributed by atoms with Crippen LogP contribution in [0.4, 0.5) is 5.69 Å². The van der Waals surface area contributed by atoms with Gasteiger partial charge in [0.15, 0.2) is 24.0 Å². The van der Waals surface area contributed by atoms with Gasteiger partial charge in [-0.15, -0.1) is 0 Å². The predicted molar refractivity (Wildman–Crippen MR) is 121 cm³/mol. The zero-order valence-corrected chi connectivity index (χ0v) is 18.7. The molecule has 0 bridgehead atoms. The first kappa shape index (κ1) is 21.5. The minimum Gasteiger partial charge on any atom is -0.493 e. The first-order valence-electron chi connectivity index (χ1n) is 9.67. The first-order valence-corrected chi connectivity index (χ1v) is 10.5. The number of aromatic nitrogens is 2. The van der Waals surface area contributed by atoms with Gasteiger partial charge < -0.3 is 23.9 Å². The van der Waals surface area contributed by atoms with E-state index < -0.39 is 0 Å². The normalized spacial score (nSPS) is 10.6. The van der Waals surface area contributed by atoms with E-state index in [0.29, 0.717) is 28.7 Å². The third kappa shape index (κ3) is 5.50. The van der Waals surface area contributed by atoms with Gasteiger partial charge in [0, 0.05) is 4.47 Å². The molecule has 2 aromatic carbocycles. The number of benzene rings is 2. The summed E-state index contributed by atoms with van der Waals surface area (Å²) < 4.78 is 24.8. The lowest BCUT2D eigenvalue weighted by atomic mass is 10.3. The molecule has 0 saturated carbocycles. The molecule has 0 spiro atoms. The summed E-state index contributed by atoms with van der Waals surface area (Å²) in [4.78, 5) is 12.5. The van der Waals surface area contributed by atoms with Crippen LogP contribution in [0, 0.1) is 0 Å². The lowest BCUT2D eigenvalue weighted by Crippen LogP contribution is -2.10. The number of furan rings is 1. The largest absolute Gasteiger partial charge is 0.493 e. The number of anilines is 1. The molecular formula is C23H20BrN3O5. The van der Waals surface area contributed by atoms with Crippen LogP contribution < -0.4 is 19.5 Å². The van der Waals surface area contributed by atoms with Gasteiger partial charge >= 0.3 is 0 Å². The number of ether oxygens (including phenoxy) is 3. The molecule has 4 rings (SSSR count). The molecule has 0 fully saturated rings. The topological polar surface area (TPSA) is 87.8 Å². The van der Waals surface area contributed by atoms with Crippen molar-refractivity contribution in [3.05, 3.63) is 89.1 Å². The van der Waals surface area contributed by atoms with E-state index in [-0.39, 0.29) is 25.0 Å². The molecule has 32 heavy (non-hydrogen) atoms. The Balaban J connectivity index is 1.30. The summed E-state index contributed by atoms with van der Waals surface area (Å²) in [6, 6.07) is 18.1. The number of nitrogens with one attached hydrogen (secondary N) is 1. The highest BCUT2D eigenvalue weighted by Gasteiger charge is 2.13. The number of amides is 1. The summed E-state index contributed by atoms with van der Waals surface area (Å²) >= 11 is 3.38. The Labute approximate surface area is 192 Å². The van der Waals surface area contributed by atoms with Gasteiger partial charge in [0.05, 0.1) is 25.2 Å². The quantitative estimate of drug-likeness (QED) is 0.345. The van der Waals surface area contributed by atoms with E-state index in [1.165, 1.54) is 6.20 Å². The fourth-order valence-electron chi connectivity index (χ4n) is 2.83. The zero-order chi connectivity index (χ0) is 22.3. The van der Waals surface area contributed by atoms with Gasteiger partial charge in [-0.1, -0.05) is 28.1 Å². The van der Waals surface area contributed by atoms with E-state index >= 15 is 0 Å². The van der Waals surface area contributed by atoms with Crippen LogP contribution in [0.3, 0.4) is 0 Å². The number of hydrogen-bond acceptors (Lipinski definition) is 6. The summed E-state index contributed by atoms with van der Waals surface area (Å²) in [5, 5.41) is 6.94. The number of methoxy groups -OCH3 is 1. The van der Waals surface area contributed by atoms with E-state index in [0.717, 1.165) is 4.47 Å². The molecule has 0 aliphatic carbocycles. The molecule has 4 aromatic rings. The molecule has 8 nitrogen and oxygen atoms in total. The second-order valence-corrected chi connectivity index (χ2v) is 7.57. The molecule has 0 aliphatic rings. The van der Waals surface area contributed by atoms with Crippen LogP contribution >= 0.6 is 15.9 Å².